The Hall–Kier alpha value is -2.76. The molecule has 1 N–H and O–H groups in total. The lowest BCUT2D eigenvalue weighted by Crippen LogP contribution is -1.86. The van der Waals surface area contributed by atoms with E-state index in [1.807, 2.05) is 0 Å². The Morgan fingerprint density at radius 2 is 2.05 bits per heavy atom. The van der Waals surface area contributed by atoms with Gasteiger partial charge in [0.2, 0.25) is 0 Å². The van der Waals surface area contributed by atoms with Gasteiger partial charge in [-0.1, -0.05) is 6.07 Å². The normalized spacial score (nSPS) is 11.5. The number of rotatable bonds is 2. The topological polar surface area (TPSA) is 62.2 Å². The van der Waals surface area contributed by atoms with Crippen LogP contribution in [0.3, 0.4) is 0 Å². The first-order chi connectivity index (χ1) is 9.65. The summed E-state index contributed by atoms with van der Waals surface area (Å²) in [6, 6.07) is 9.35. The lowest BCUT2D eigenvalue weighted by Gasteiger charge is -1.97. The molecular formula is C14H11FN4O. The van der Waals surface area contributed by atoms with E-state index < -0.39 is 5.82 Å². The summed E-state index contributed by atoms with van der Waals surface area (Å²) in [5.74, 6) is 0.166. The van der Waals surface area contributed by atoms with Crippen molar-refractivity contribution in [2.45, 2.75) is 6.92 Å². The van der Waals surface area contributed by atoms with Crippen LogP contribution in [-0.2, 0) is 0 Å². The van der Waals surface area contributed by atoms with Gasteiger partial charge >= 0.3 is 0 Å². The zero-order chi connectivity index (χ0) is 14.1. The predicted molar refractivity (Wildman–Crippen MR) is 72.2 cm³/mol. The molecule has 0 bridgehead atoms. The number of azo groups is 1. The summed E-state index contributed by atoms with van der Waals surface area (Å²) < 4.78 is 15.1. The summed E-state index contributed by atoms with van der Waals surface area (Å²) in [5.41, 5.74) is 1.31. The van der Waals surface area contributed by atoms with Crippen molar-refractivity contribution in [1.82, 2.24) is 9.38 Å². The summed E-state index contributed by atoms with van der Waals surface area (Å²) in [7, 11) is 0. The highest BCUT2D eigenvalue weighted by atomic mass is 19.1. The molecule has 100 valence electrons. The summed E-state index contributed by atoms with van der Waals surface area (Å²) >= 11 is 0. The zero-order valence-corrected chi connectivity index (χ0v) is 10.7. The van der Waals surface area contributed by atoms with Gasteiger partial charge in [-0.3, -0.25) is 4.40 Å². The largest absolute Gasteiger partial charge is 0.508 e. The molecule has 3 aromatic rings. The van der Waals surface area contributed by atoms with E-state index in [0.29, 0.717) is 17.2 Å². The molecule has 0 aliphatic rings. The molecule has 0 fully saturated rings. The number of imidazole rings is 1. The zero-order valence-electron chi connectivity index (χ0n) is 10.7. The van der Waals surface area contributed by atoms with E-state index in [2.05, 4.69) is 15.2 Å². The Bertz CT molecular complexity index is 810. The van der Waals surface area contributed by atoms with Crippen LogP contribution in [0.1, 0.15) is 5.69 Å². The number of fused-ring (bicyclic) bond motifs is 1. The minimum absolute atomic E-state index is 0.113. The van der Waals surface area contributed by atoms with Crippen molar-refractivity contribution in [1.29, 1.82) is 0 Å². The molecular weight excluding hydrogens is 259 g/mol. The molecule has 6 heteroatoms. The number of phenolic OH excluding ortho intramolecular Hbond substituents is 1. The molecule has 2 aromatic heterocycles. The van der Waals surface area contributed by atoms with E-state index in [9.17, 15) is 9.50 Å². The average molecular weight is 270 g/mol. The maximum atomic E-state index is 13.6. The number of nitrogens with zero attached hydrogens (tertiary/aromatic N) is 4. The number of aromatic hydroxyl groups is 1. The summed E-state index contributed by atoms with van der Waals surface area (Å²) in [4.78, 5) is 4.13. The number of pyridine rings is 1. The molecule has 0 spiro atoms. The Labute approximate surface area is 114 Å². The predicted octanol–water partition coefficient (Wildman–Crippen LogP) is 3.90. The van der Waals surface area contributed by atoms with Crippen molar-refractivity contribution in [2.24, 2.45) is 10.2 Å². The second-order valence-electron chi connectivity index (χ2n) is 4.29. The number of hydrogen-bond acceptors (Lipinski definition) is 4. The van der Waals surface area contributed by atoms with Crippen LogP contribution >= 0.6 is 0 Å². The molecule has 20 heavy (non-hydrogen) atoms. The smallest absolute Gasteiger partial charge is 0.182 e. The molecule has 0 saturated heterocycles. The minimum atomic E-state index is -0.408. The van der Waals surface area contributed by atoms with Gasteiger partial charge in [-0.15, -0.1) is 10.2 Å². The summed E-state index contributed by atoms with van der Waals surface area (Å²) in [5, 5.41) is 17.5. The van der Waals surface area contributed by atoms with E-state index in [-0.39, 0.29) is 11.4 Å². The van der Waals surface area contributed by atoms with Crippen LogP contribution in [0, 0.1) is 12.7 Å². The van der Waals surface area contributed by atoms with Crippen molar-refractivity contribution in [3.05, 3.63) is 54.1 Å². The van der Waals surface area contributed by atoms with Crippen LogP contribution < -0.4 is 0 Å². The fourth-order valence-electron chi connectivity index (χ4n) is 1.92. The molecule has 0 aliphatic carbocycles. The first kappa shape index (κ1) is 12.3. The highest BCUT2D eigenvalue weighted by Gasteiger charge is 2.10. The van der Waals surface area contributed by atoms with Gasteiger partial charge < -0.3 is 5.11 Å². The number of aromatic nitrogens is 2. The van der Waals surface area contributed by atoms with Gasteiger partial charge in [-0.05, 0) is 31.2 Å². The van der Waals surface area contributed by atoms with Crippen molar-refractivity contribution >= 4 is 17.2 Å². The fourth-order valence-corrected chi connectivity index (χ4v) is 1.92. The van der Waals surface area contributed by atoms with Crippen LogP contribution in [0.15, 0.2) is 52.8 Å². The molecule has 0 saturated carbocycles. The Kier molecular flexibility index (Phi) is 2.90. The number of aryl methyl sites for hydroxylation is 1. The van der Waals surface area contributed by atoms with Crippen molar-refractivity contribution in [3.8, 4) is 5.75 Å². The highest BCUT2D eigenvalue weighted by molar-refractivity contribution is 5.52. The van der Waals surface area contributed by atoms with Crippen LogP contribution in [-0.4, -0.2) is 14.5 Å². The standard InChI is InChI=1S/C14H11FN4O/c1-9-13(18-17-10-4-2-5-11(20)8-10)19-7-3-6-12(15)14(19)16-9/h2-8,20H,1H3. The molecule has 0 radical (unpaired) electrons. The number of halogens is 1. The van der Waals surface area contributed by atoms with Gasteiger partial charge in [0.1, 0.15) is 5.75 Å². The van der Waals surface area contributed by atoms with Crippen molar-refractivity contribution < 1.29 is 9.50 Å². The fraction of sp³-hybridized carbons (Fsp3) is 0.0714. The maximum Gasteiger partial charge on any atom is 0.182 e. The van der Waals surface area contributed by atoms with Crippen LogP contribution in [0.2, 0.25) is 0 Å². The van der Waals surface area contributed by atoms with Gasteiger partial charge in [0.25, 0.3) is 0 Å². The molecule has 2 heterocycles. The van der Waals surface area contributed by atoms with E-state index in [0.717, 1.165) is 0 Å². The van der Waals surface area contributed by atoms with Gasteiger partial charge in [0.05, 0.1) is 11.4 Å². The van der Waals surface area contributed by atoms with E-state index >= 15 is 0 Å². The van der Waals surface area contributed by atoms with Gasteiger partial charge in [0.15, 0.2) is 17.3 Å². The van der Waals surface area contributed by atoms with Gasteiger partial charge in [-0.25, -0.2) is 9.37 Å². The maximum absolute atomic E-state index is 13.6. The average Bonchev–Trinajstić information content (AvgIpc) is 2.74. The van der Waals surface area contributed by atoms with E-state index in [1.54, 1.807) is 37.4 Å². The molecule has 0 amide bonds. The lowest BCUT2D eigenvalue weighted by molar-refractivity contribution is 0.475. The third-order valence-electron chi connectivity index (χ3n) is 2.83. The van der Waals surface area contributed by atoms with Crippen LogP contribution in [0.25, 0.3) is 5.65 Å². The van der Waals surface area contributed by atoms with E-state index in [1.165, 1.54) is 16.5 Å². The molecule has 5 nitrogen and oxygen atoms in total. The molecule has 0 atom stereocenters. The van der Waals surface area contributed by atoms with Gasteiger partial charge in [-0.2, -0.15) is 0 Å². The molecule has 1 aromatic carbocycles. The first-order valence-corrected chi connectivity index (χ1v) is 5.99. The molecule has 3 rings (SSSR count). The quantitative estimate of drug-likeness (QED) is 0.718. The third-order valence-corrected chi connectivity index (χ3v) is 2.83. The Balaban J connectivity index is 2.07. The summed E-state index contributed by atoms with van der Waals surface area (Å²) in [6.07, 6.45) is 1.68. The molecule has 0 aliphatic heterocycles. The SMILES string of the molecule is Cc1nc2c(F)cccn2c1N=Nc1cccc(O)c1. The number of benzene rings is 1. The molecule has 0 unspecified atom stereocenters. The highest BCUT2D eigenvalue weighted by Crippen LogP contribution is 2.25. The third kappa shape index (κ3) is 2.11. The monoisotopic (exact) mass is 270 g/mol. The lowest BCUT2D eigenvalue weighted by atomic mass is 10.3. The minimum Gasteiger partial charge on any atom is -0.508 e. The Morgan fingerprint density at radius 1 is 1.20 bits per heavy atom. The first-order valence-electron chi connectivity index (χ1n) is 5.99. The van der Waals surface area contributed by atoms with Crippen molar-refractivity contribution in [2.75, 3.05) is 0 Å². The van der Waals surface area contributed by atoms with Crippen molar-refractivity contribution in [3.63, 3.8) is 0 Å². The summed E-state index contributed by atoms with van der Waals surface area (Å²) in [6.45, 7) is 1.74. The number of phenols is 1. The second-order valence-corrected chi connectivity index (χ2v) is 4.29. The Morgan fingerprint density at radius 3 is 2.85 bits per heavy atom. The van der Waals surface area contributed by atoms with Crippen LogP contribution in [0.4, 0.5) is 15.9 Å². The van der Waals surface area contributed by atoms with Crippen LogP contribution in [0.5, 0.6) is 5.75 Å². The van der Waals surface area contributed by atoms with Gasteiger partial charge in [0, 0.05) is 12.3 Å². The number of hydrogen-bond donors (Lipinski definition) is 1. The van der Waals surface area contributed by atoms with E-state index in [4.69, 9.17) is 0 Å². The second kappa shape index (κ2) is 4.73.